The molecule has 2 aliphatic rings. The fraction of sp³-hybridized carbons (Fsp3) is 0.360. The van der Waals surface area contributed by atoms with E-state index in [1.54, 1.807) is 15.4 Å². The van der Waals surface area contributed by atoms with Gasteiger partial charge >= 0.3 is 0 Å². The van der Waals surface area contributed by atoms with Crippen molar-refractivity contribution in [2.75, 3.05) is 18.0 Å². The Kier molecular flexibility index (Phi) is 4.29. The first-order valence-electron chi connectivity index (χ1n) is 11.2. The van der Waals surface area contributed by atoms with E-state index in [0.29, 0.717) is 5.56 Å². The van der Waals surface area contributed by atoms with E-state index >= 15 is 0 Å². The van der Waals surface area contributed by atoms with Crippen LogP contribution >= 0.6 is 0 Å². The highest BCUT2D eigenvalue weighted by molar-refractivity contribution is 5.87. The molecule has 1 aliphatic heterocycles. The number of nitrogens with zero attached hydrogens (tertiary/aromatic N) is 7. The Morgan fingerprint density at radius 1 is 1.06 bits per heavy atom. The van der Waals surface area contributed by atoms with Gasteiger partial charge in [0.2, 0.25) is 0 Å². The van der Waals surface area contributed by atoms with Crippen LogP contribution in [0.1, 0.15) is 25.3 Å². The average molecular weight is 424 g/mol. The second kappa shape index (κ2) is 7.20. The number of aryl methyl sites for hydroxylation is 1. The van der Waals surface area contributed by atoms with Crippen molar-refractivity contribution in [2.24, 2.45) is 24.8 Å². The molecule has 5 heterocycles. The molecule has 0 bridgehead atoms. The lowest BCUT2D eigenvalue weighted by Gasteiger charge is -2.19. The molecule has 7 heteroatoms. The smallest absolute Gasteiger partial charge is 0.128 e. The van der Waals surface area contributed by atoms with E-state index in [-0.39, 0.29) is 0 Å². The Morgan fingerprint density at radius 2 is 1.88 bits per heavy atom. The van der Waals surface area contributed by atoms with Gasteiger partial charge in [0.15, 0.2) is 0 Å². The number of hydrogen-bond donors (Lipinski definition) is 0. The summed E-state index contributed by atoms with van der Waals surface area (Å²) in [7, 11) is 1.90. The van der Waals surface area contributed by atoms with Crippen molar-refractivity contribution in [3.63, 3.8) is 0 Å². The van der Waals surface area contributed by atoms with Gasteiger partial charge < -0.3 is 4.90 Å². The molecular formula is C25H25N7. The van der Waals surface area contributed by atoms with Crippen molar-refractivity contribution >= 4 is 11.3 Å². The van der Waals surface area contributed by atoms with Gasteiger partial charge in [-0.15, -0.1) is 0 Å². The maximum atomic E-state index is 9.63. The average Bonchev–Trinajstić information content (AvgIpc) is 3.56. The Bertz CT molecular complexity index is 1330. The number of pyridine rings is 2. The number of fused-ring (bicyclic) bond motifs is 2. The van der Waals surface area contributed by atoms with Crippen LogP contribution in [-0.2, 0) is 7.05 Å². The number of hydrogen-bond acceptors (Lipinski definition) is 5. The number of rotatable bonds is 3. The minimum Gasteiger partial charge on any atom is -0.356 e. The lowest BCUT2D eigenvalue weighted by atomic mass is 10.0. The molecule has 3 atom stereocenters. The van der Waals surface area contributed by atoms with Gasteiger partial charge in [-0.05, 0) is 54.9 Å². The van der Waals surface area contributed by atoms with Crippen LogP contribution in [0, 0.1) is 29.1 Å². The van der Waals surface area contributed by atoms with E-state index in [0.717, 1.165) is 64.6 Å². The number of anilines is 1. The van der Waals surface area contributed by atoms with Crippen LogP contribution in [0.15, 0.2) is 49.1 Å². The topological polar surface area (TPSA) is 75.0 Å². The van der Waals surface area contributed by atoms with E-state index in [4.69, 9.17) is 4.98 Å². The van der Waals surface area contributed by atoms with Gasteiger partial charge in [-0.25, -0.2) is 9.50 Å². The van der Waals surface area contributed by atoms with E-state index in [9.17, 15) is 5.26 Å². The minimum absolute atomic E-state index is 0.554. The molecule has 1 unspecified atom stereocenters. The lowest BCUT2D eigenvalue weighted by molar-refractivity contribution is 0.494. The molecule has 2 fully saturated rings. The van der Waals surface area contributed by atoms with Gasteiger partial charge in [0.1, 0.15) is 11.9 Å². The largest absolute Gasteiger partial charge is 0.356 e. The quantitative estimate of drug-likeness (QED) is 0.495. The molecule has 0 aromatic carbocycles. The van der Waals surface area contributed by atoms with Crippen LogP contribution in [0.3, 0.4) is 0 Å². The first-order valence-corrected chi connectivity index (χ1v) is 11.2. The third-order valence-electron chi connectivity index (χ3n) is 7.11. The molecule has 0 spiro atoms. The zero-order valence-electron chi connectivity index (χ0n) is 18.3. The molecule has 1 saturated carbocycles. The Hall–Kier alpha value is -3.66. The third kappa shape index (κ3) is 3.06. The minimum atomic E-state index is 0.554. The molecule has 4 aromatic heterocycles. The van der Waals surface area contributed by atoms with Crippen LogP contribution in [0.5, 0.6) is 0 Å². The van der Waals surface area contributed by atoms with E-state index in [2.05, 4.69) is 46.3 Å². The summed E-state index contributed by atoms with van der Waals surface area (Å²) >= 11 is 0. The fourth-order valence-corrected chi connectivity index (χ4v) is 5.65. The third-order valence-corrected chi connectivity index (χ3v) is 7.11. The molecule has 0 N–H and O–H groups in total. The molecule has 1 aliphatic carbocycles. The van der Waals surface area contributed by atoms with Gasteiger partial charge in [-0.1, -0.05) is 6.92 Å². The summed E-state index contributed by atoms with van der Waals surface area (Å²) in [6, 6.07) is 10.6. The van der Waals surface area contributed by atoms with Gasteiger partial charge in [-0.2, -0.15) is 15.5 Å². The first kappa shape index (κ1) is 19.1. The van der Waals surface area contributed by atoms with Crippen molar-refractivity contribution in [2.45, 2.75) is 19.8 Å². The maximum Gasteiger partial charge on any atom is 0.128 e. The van der Waals surface area contributed by atoms with E-state index in [1.807, 2.05) is 31.7 Å². The van der Waals surface area contributed by atoms with Crippen LogP contribution in [-0.4, -0.2) is 37.5 Å². The summed E-state index contributed by atoms with van der Waals surface area (Å²) in [5.74, 6) is 3.53. The summed E-state index contributed by atoms with van der Waals surface area (Å²) in [6.45, 7) is 4.60. The van der Waals surface area contributed by atoms with Crippen LogP contribution in [0.4, 0.5) is 5.82 Å². The summed E-state index contributed by atoms with van der Waals surface area (Å²) in [6.07, 6.45) is 10.1. The SMILES string of the molecule is CC1C[C@@H]2CN(c3ccc(-c4cc(-c5ccn(C)n5)cn5ncc(C#N)c45)cn3)C[C@@H]2C1. The Labute approximate surface area is 186 Å². The zero-order valence-corrected chi connectivity index (χ0v) is 18.3. The van der Waals surface area contributed by atoms with Crippen LogP contribution < -0.4 is 4.90 Å². The molecular weight excluding hydrogens is 398 g/mol. The fourth-order valence-electron chi connectivity index (χ4n) is 5.65. The van der Waals surface area contributed by atoms with Gasteiger partial charge in [0.25, 0.3) is 0 Å². The van der Waals surface area contributed by atoms with Crippen molar-refractivity contribution in [1.29, 1.82) is 5.26 Å². The van der Waals surface area contributed by atoms with Gasteiger partial charge in [0.05, 0.1) is 23.0 Å². The van der Waals surface area contributed by atoms with Crippen molar-refractivity contribution in [3.8, 4) is 28.5 Å². The highest BCUT2D eigenvalue weighted by Gasteiger charge is 2.39. The molecule has 0 radical (unpaired) electrons. The van der Waals surface area contributed by atoms with E-state index in [1.165, 1.54) is 12.8 Å². The van der Waals surface area contributed by atoms with Crippen LogP contribution in [0.2, 0.25) is 0 Å². The predicted octanol–water partition coefficient (Wildman–Crippen LogP) is 4.15. The normalized spacial score (nSPS) is 22.4. The molecule has 32 heavy (non-hydrogen) atoms. The monoisotopic (exact) mass is 423 g/mol. The van der Waals surface area contributed by atoms with Crippen molar-refractivity contribution < 1.29 is 0 Å². The standard InChI is InChI=1S/C25H25N7/c1-16-7-18-13-31(14-19(18)8-16)24-4-3-17(11-27-24)22-9-20(23-5-6-30(2)29-23)15-32-25(22)21(10-26)12-28-32/h3-6,9,11-12,15-16,18-19H,7-8,13-14H2,1-2H3/t16?,18-,19+. The lowest BCUT2D eigenvalue weighted by Crippen LogP contribution is -2.22. The molecule has 160 valence electrons. The van der Waals surface area contributed by atoms with Crippen LogP contribution in [0.25, 0.3) is 27.9 Å². The highest BCUT2D eigenvalue weighted by atomic mass is 15.3. The van der Waals surface area contributed by atoms with Gasteiger partial charge in [0, 0.05) is 55.4 Å². The summed E-state index contributed by atoms with van der Waals surface area (Å²) < 4.78 is 3.56. The number of aromatic nitrogens is 5. The first-order chi connectivity index (χ1) is 15.6. The Morgan fingerprint density at radius 3 is 2.53 bits per heavy atom. The molecule has 1 saturated heterocycles. The van der Waals surface area contributed by atoms with E-state index < -0.39 is 0 Å². The summed E-state index contributed by atoms with van der Waals surface area (Å²) in [4.78, 5) is 7.27. The summed E-state index contributed by atoms with van der Waals surface area (Å²) in [5, 5.41) is 18.6. The van der Waals surface area contributed by atoms with Crippen molar-refractivity contribution in [3.05, 3.63) is 54.6 Å². The molecule has 7 nitrogen and oxygen atoms in total. The molecule has 6 rings (SSSR count). The second-order valence-electron chi connectivity index (χ2n) is 9.39. The second-order valence-corrected chi connectivity index (χ2v) is 9.39. The number of nitriles is 1. The zero-order chi connectivity index (χ0) is 21.8. The molecule has 0 amide bonds. The molecule has 4 aromatic rings. The van der Waals surface area contributed by atoms with Gasteiger partial charge in [-0.3, -0.25) is 4.68 Å². The maximum absolute atomic E-state index is 9.63. The van der Waals surface area contributed by atoms with Crippen molar-refractivity contribution in [1.82, 2.24) is 24.4 Å². The predicted molar refractivity (Wildman–Crippen MR) is 123 cm³/mol. The summed E-state index contributed by atoms with van der Waals surface area (Å²) in [5.41, 5.74) is 5.08. The highest BCUT2D eigenvalue weighted by Crippen LogP contribution is 2.42. The Balaban J connectivity index is 1.38.